The molecule has 0 saturated heterocycles. The third-order valence-electron chi connectivity index (χ3n) is 9.10. The average molecular weight is 894 g/mol. The zero-order valence-corrected chi connectivity index (χ0v) is 33.3. The van der Waals surface area contributed by atoms with Crippen molar-refractivity contribution in [3.05, 3.63) is 200 Å². The van der Waals surface area contributed by atoms with Crippen LogP contribution < -0.4 is 20.7 Å². The van der Waals surface area contributed by atoms with E-state index < -0.39 is 8.07 Å². The fourth-order valence-corrected chi connectivity index (χ4v) is 11.3. The topological polar surface area (TPSA) is 38.7 Å². The van der Waals surface area contributed by atoms with Crippen molar-refractivity contribution in [1.29, 1.82) is 0 Å². The van der Waals surface area contributed by atoms with Crippen LogP contribution in [0.3, 0.4) is 0 Å². The molecule has 8 aromatic rings. The molecule has 3 nitrogen and oxygen atoms in total. The summed E-state index contributed by atoms with van der Waals surface area (Å²) in [5.41, 5.74) is 6.04. The summed E-state index contributed by atoms with van der Waals surface area (Å²) in [5.74, 6) is 1.92. The van der Waals surface area contributed by atoms with E-state index in [-0.39, 0.29) is 31.1 Å². The van der Waals surface area contributed by atoms with Gasteiger partial charge in [0.05, 0.1) is 0 Å². The van der Waals surface area contributed by atoms with Gasteiger partial charge in [-0.05, 0) is 23.4 Å². The molecule has 0 aliphatic rings. The number of aromatic nitrogens is 3. The Morgan fingerprint density at radius 2 is 0.922 bits per heavy atom. The maximum Gasteiger partial charge on any atom is 2.00 e. The first-order valence-electron chi connectivity index (χ1n) is 16.8. The van der Waals surface area contributed by atoms with Crippen LogP contribution in [0.2, 0.25) is 0 Å². The molecule has 5 heteroatoms. The fourth-order valence-electron chi connectivity index (χ4n) is 6.75. The molecule has 0 saturated carbocycles. The number of aryl methyl sites for hydroxylation is 1. The molecule has 1 heterocycles. The van der Waals surface area contributed by atoms with E-state index in [1.807, 2.05) is 48.5 Å². The van der Waals surface area contributed by atoms with E-state index in [1.165, 1.54) is 20.7 Å². The van der Waals surface area contributed by atoms with E-state index in [2.05, 4.69) is 153 Å². The molecule has 51 heavy (non-hydrogen) atoms. The Hall–Kier alpha value is -5.18. The molecule has 0 atom stereocenters. The zero-order valence-electron chi connectivity index (χ0n) is 28.2. The second kappa shape index (κ2) is 15.4. The van der Waals surface area contributed by atoms with Crippen LogP contribution >= 0.6 is 0 Å². The second-order valence-electron chi connectivity index (χ2n) is 12.4. The molecule has 0 aliphatic heterocycles. The number of hydrogen-bond acceptors (Lipinski definition) is 3. The average Bonchev–Trinajstić information content (AvgIpc) is 3.20. The van der Waals surface area contributed by atoms with Gasteiger partial charge in [-0.25, -0.2) is 15.0 Å². The van der Waals surface area contributed by atoms with Crippen molar-refractivity contribution < 1.29 is 31.1 Å². The van der Waals surface area contributed by atoms with Gasteiger partial charge in [0.2, 0.25) is 0 Å². The number of hydrogen-bond donors (Lipinski definition) is 0. The molecule has 0 fully saturated rings. The van der Waals surface area contributed by atoms with E-state index in [0.29, 0.717) is 17.5 Å². The van der Waals surface area contributed by atoms with E-state index in [9.17, 15) is 0 Å². The van der Waals surface area contributed by atoms with Crippen molar-refractivity contribution in [3.8, 4) is 45.3 Å². The minimum Gasteiger partial charge on any atom is -0.208 e. The minimum absolute atomic E-state index is 0. The first-order valence-corrected chi connectivity index (χ1v) is 18.8. The number of nitrogens with zero attached hydrogens (tertiary/aromatic N) is 3. The maximum absolute atomic E-state index is 5.02. The molecule has 0 N–H and O–H groups in total. The van der Waals surface area contributed by atoms with Gasteiger partial charge in [0.15, 0.2) is 17.5 Å². The van der Waals surface area contributed by atoms with Crippen LogP contribution in [-0.4, -0.2) is 23.0 Å². The SMILES string of the molecule is Cc1cccc(-c2nc(-c3ccccc3)nc(-c3cccc(-c4[c-]c([Si](c5[c-]cccc5)(c5ccccc5)c5ccccc5)ccc4)c3)n2)c1.[U+2]. The van der Waals surface area contributed by atoms with Crippen molar-refractivity contribution in [2.75, 3.05) is 0 Å². The minimum atomic E-state index is -2.78. The van der Waals surface area contributed by atoms with Gasteiger partial charge in [0, 0.05) is 16.7 Å². The molecule has 0 spiro atoms. The molecule has 8 rings (SSSR count). The Morgan fingerprint density at radius 3 is 1.53 bits per heavy atom. The maximum atomic E-state index is 5.02. The summed E-state index contributed by atoms with van der Waals surface area (Å²) in [6, 6.07) is 71.2. The molecule has 0 unspecified atom stereocenters. The molecule has 1 aromatic heterocycles. The van der Waals surface area contributed by atoms with Gasteiger partial charge in [-0.2, -0.15) is 35.5 Å². The van der Waals surface area contributed by atoms with Crippen molar-refractivity contribution in [2.45, 2.75) is 6.92 Å². The van der Waals surface area contributed by atoms with E-state index >= 15 is 0 Å². The molecule has 7 aromatic carbocycles. The smallest absolute Gasteiger partial charge is 0.208 e. The van der Waals surface area contributed by atoms with E-state index in [4.69, 9.17) is 15.0 Å². The van der Waals surface area contributed by atoms with Gasteiger partial charge in [-0.15, -0.1) is 35.0 Å². The zero-order chi connectivity index (χ0) is 33.8. The second-order valence-corrected chi connectivity index (χ2v) is 16.1. The molecular weight excluding hydrogens is 861 g/mol. The first kappa shape index (κ1) is 34.3. The van der Waals surface area contributed by atoms with Gasteiger partial charge in [0.25, 0.3) is 0 Å². The van der Waals surface area contributed by atoms with Gasteiger partial charge in [-0.3, -0.25) is 0 Å². The monoisotopic (exact) mass is 893 g/mol. The summed E-state index contributed by atoms with van der Waals surface area (Å²) in [6.07, 6.45) is 0. The molecule has 0 bridgehead atoms. The quantitative estimate of drug-likeness (QED) is 0.0888. The van der Waals surface area contributed by atoms with Crippen LogP contribution in [0.1, 0.15) is 5.56 Å². The van der Waals surface area contributed by atoms with Gasteiger partial charge >= 0.3 is 31.1 Å². The van der Waals surface area contributed by atoms with Crippen LogP contribution in [0.25, 0.3) is 45.3 Å². The van der Waals surface area contributed by atoms with E-state index in [0.717, 1.165) is 33.4 Å². The van der Waals surface area contributed by atoms with Crippen molar-refractivity contribution in [1.82, 2.24) is 15.0 Å². The summed E-state index contributed by atoms with van der Waals surface area (Å²) in [5, 5.41) is 4.95. The molecule has 0 amide bonds. The normalized spacial score (nSPS) is 11.1. The van der Waals surface area contributed by atoms with Crippen LogP contribution in [-0.2, 0) is 0 Å². The number of benzene rings is 7. The predicted octanol–water partition coefficient (Wildman–Crippen LogP) is 7.83. The van der Waals surface area contributed by atoms with Crippen molar-refractivity contribution in [2.24, 2.45) is 0 Å². The first-order chi connectivity index (χ1) is 24.7. The third-order valence-corrected chi connectivity index (χ3v) is 13.7. The Morgan fingerprint density at radius 1 is 0.431 bits per heavy atom. The van der Waals surface area contributed by atoms with Crippen molar-refractivity contribution in [3.63, 3.8) is 0 Å². The summed E-state index contributed by atoms with van der Waals surface area (Å²) in [6.45, 7) is 2.08. The predicted molar refractivity (Wildman–Crippen MR) is 208 cm³/mol. The Balaban J connectivity index is 0.00000406. The van der Waals surface area contributed by atoms with E-state index in [1.54, 1.807) is 0 Å². The standard InChI is InChI=1S/C46H33N3Si.U/c1-34-17-14-22-38(31-34)45-47-44(35-18-6-2-7-19-35)48-46(49-45)39-23-15-20-36(32-39)37-21-16-30-43(33-37)50(40-24-8-3-9-25-40,41-26-10-4-11-27-41)42-28-12-5-13-29-42;/h2-28,30-32H,1H3;/q-2;+2. The summed E-state index contributed by atoms with van der Waals surface area (Å²) < 4.78 is 0. The molecule has 0 aliphatic carbocycles. The fraction of sp³-hybridized carbons (Fsp3) is 0.0217. The Bertz CT molecular complexity index is 2290. The summed E-state index contributed by atoms with van der Waals surface area (Å²) >= 11 is 0. The molecule has 240 valence electrons. The molecular formula is C46H33N3SiU. The Kier molecular flexibility index (Phi) is 10.3. The summed E-state index contributed by atoms with van der Waals surface area (Å²) in [7, 11) is -2.78. The van der Waals surface area contributed by atoms with Gasteiger partial charge < -0.3 is 0 Å². The van der Waals surface area contributed by atoms with Crippen molar-refractivity contribution >= 4 is 28.8 Å². The third kappa shape index (κ3) is 6.94. The van der Waals surface area contributed by atoms with Crippen LogP contribution in [0.15, 0.2) is 182 Å². The van der Waals surface area contributed by atoms with Gasteiger partial charge in [-0.1, -0.05) is 145 Å². The van der Waals surface area contributed by atoms with Crippen LogP contribution in [0.4, 0.5) is 0 Å². The molecule has 0 radical (unpaired) electrons. The largest absolute Gasteiger partial charge is 2.00 e. The summed E-state index contributed by atoms with van der Waals surface area (Å²) in [4.78, 5) is 14.9. The van der Waals surface area contributed by atoms with Gasteiger partial charge in [0.1, 0.15) is 8.07 Å². The van der Waals surface area contributed by atoms with Crippen LogP contribution in [0.5, 0.6) is 0 Å². The number of rotatable bonds is 8. The Labute approximate surface area is 324 Å². The van der Waals surface area contributed by atoms with Crippen LogP contribution in [0, 0.1) is 50.2 Å².